The van der Waals surface area contributed by atoms with E-state index in [2.05, 4.69) is 15.3 Å². The highest BCUT2D eigenvalue weighted by molar-refractivity contribution is 6.29. The molecule has 2 N–H and O–H groups in total. The summed E-state index contributed by atoms with van der Waals surface area (Å²) in [5.74, 6) is -0.914. The van der Waals surface area contributed by atoms with Crippen molar-refractivity contribution in [3.8, 4) is 6.07 Å². The molecule has 0 atom stereocenters. The molecular formula is C16H10ClFN4O. The van der Waals surface area contributed by atoms with Crippen molar-refractivity contribution in [2.75, 3.05) is 0 Å². The van der Waals surface area contributed by atoms with Gasteiger partial charge in [0.25, 0.3) is 5.91 Å². The van der Waals surface area contributed by atoms with Crippen LogP contribution in [0, 0.1) is 17.1 Å². The average Bonchev–Trinajstić information content (AvgIpc) is 2.97. The SMILES string of the molecule is N#Cc1cc(CNC(=O)c2cc3ccc(Cl)nc3[nH]2)ccc1F. The molecule has 5 nitrogen and oxygen atoms in total. The number of pyridine rings is 1. The number of H-pyrrole nitrogens is 1. The molecule has 1 amide bonds. The molecule has 0 aliphatic carbocycles. The van der Waals surface area contributed by atoms with E-state index in [9.17, 15) is 9.18 Å². The summed E-state index contributed by atoms with van der Waals surface area (Å²) in [6.45, 7) is 0.178. The van der Waals surface area contributed by atoms with Crippen LogP contribution in [0.3, 0.4) is 0 Å². The number of hydrogen-bond acceptors (Lipinski definition) is 3. The Morgan fingerprint density at radius 2 is 2.17 bits per heavy atom. The summed E-state index contributed by atoms with van der Waals surface area (Å²) in [7, 11) is 0. The highest BCUT2D eigenvalue weighted by Crippen LogP contribution is 2.16. The van der Waals surface area contributed by atoms with Crippen molar-refractivity contribution in [3.63, 3.8) is 0 Å². The van der Waals surface area contributed by atoms with Crippen LogP contribution in [0.2, 0.25) is 5.15 Å². The largest absolute Gasteiger partial charge is 0.347 e. The molecule has 0 saturated carbocycles. The highest BCUT2D eigenvalue weighted by atomic mass is 35.5. The minimum Gasteiger partial charge on any atom is -0.347 e. The van der Waals surface area contributed by atoms with Crippen molar-refractivity contribution in [2.24, 2.45) is 0 Å². The molecule has 0 fully saturated rings. The number of nitrogens with one attached hydrogen (secondary N) is 2. The number of rotatable bonds is 3. The lowest BCUT2D eigenvalue weighted by molar-refractivity contribution is 0.0946. The number of amides is 1. The number of nitrogens with zero attached hydrogens (tertiary/aromatic N) is 2. The van der Waals surface area contributed by atoms with Crippen LogP contribution in [0.5, 0.6) is 0 Å². The summed E-state index contributed by atoms with van der Waals surface area (Å²) in [4.78, 5) is 19.1. The second kappa shape index (κ2) is 6.07. The monoisotopic (exact) mass is 328 g/mol. The molecule has 3 rings (SSSR count). The summed E-state index contributed by atoms with van der Waals surface area (Å²) in [5.41, 5.74) is 1.45. The van der Waals surface area contributed by atoms with Gasteiger partial charge in [-0.2, -0.15) is 5.26 Å². The first-order chi connectivity index (χ1) is 11.1. The van der Waals surface area contributed by atoms with Crippen LogP contribution in [0.4, 0.5) is 4.39 Å². The molecule has 0 spiro atoms. The number of carbonyl (C=O) groups excluding carboxylic acids is 1. The third-order valence-electron chi connectivity index (χ3n) is 3.29. The molecule has 0 bridgehead atoms. The van der Waals surface area contributed by atoms with Gasteiger partial charge in [0.2, 0.25) is 0 Å². The number of nitriles is 1. The van der Waals surface area contributed by atoms with E-state index in [-0.39, 0.29) is 18.0 Å². The summed E-state index contributed by atoms with van der Waals surface area (Å²) in [6.07, 6.45) is 0. The van der Waals surface area contributed by atoms with E-state index in [1.165, 1.54) is 18.2 Å². The molecule has 2 heterocycles. The number of carbonyl (C=O) groups is 1. The van der Waals surface area contributed by atoms with E-state index in [0.29, 0.717) is 22.1 Å². The number of hydrogen-bond donors (Lipinski definition) is 2. The molecule has 3 aromatic rings. The molecule has 0 aliphatic heterocycles. The number of halogens is 2. The fourth-order valence-corrected chi connectivity index (χ4v) is 2.30. The smallest absolute Gasteiger partial charge is 0.268 e. The van der Waals surface area contributed by atoms with Crippen molar-refractivity contribution in [3.05, 3.63) is 64.2 Å². The van der Waals surface area contributed by atoms with Gasteiger partial charge in [-0.1, -0.05) is 17.7 Å². The maximum absolute atomic E-state index is 13.3. The van der Waals surface area contributed by atoms with Crippen molar-refractivity contribution >= 4 is 28.5 Å². The number of benzene rings is 1. The van der Waals surface area contributed by atoms with Gasteiger partial charge in [-0.15, -0.1) is 0 Å². The third-order valence-corrected chi connectivity index (χ3v) is 3.50. The topological polar surface area (TPSA) is 81.6 Å². The van der Waals surface area contributed by atoms with Crippen LogP contribution in [0.1, 0.15) is 21.6 Å². The van der Waals surface area contributed by atoms with Gasteiger partial charge >= 0.3 is 0 Å². The molecule has 0 saturated heterocycles. The van der Waals surface area contributed by atoms with Crippen LogP contribution in [0.15, 0.2) is 36.4 Å². The second-order valence-corrected chi connectivity index (χ2v) is 5.25. The Kier molecular flexibility index (Phi) is 3.96. The molecule has 0 unspecified atom stereocenters. The number of aromatic nitrogens is 2. The highest BCUT2D eigenvalue weighted by Gasteiger charge is 2.11. The predicted octanol–water partition coefficient (Wildman–Crippen LogP) is 3.16. The lowest BCUT2D eigenvalue weighted by Crippen LogP contribution is -2.23. The van der Waals surface area contributed by atoms with E-state index >= 15 is 0 Å². The van der Waals surface area contributed by atoms with Crippen LogP contribution < -0.4 is 5.32 Å². The summed E-state index contributed by atoms with van der Waals surface area (Å²) >= 11 is 5.80. The normalized spacial score (nSPS) is 10.5. The van der Waals surface area contributed by atoms with Gasteiger partial charge in [0.15, 0.2) is 0 Å². The van der Waals surface area contributed by atoms with Crippen LogP contribution in [-0.2, 0) is 6.54 Å². The van der Waals surface area contributed by atoms with Crippen molar-refractivity contribution in [2.45, 2.75) is 6.54 Å². The summed E-state index contributed by atoms with van der Waals surface area (Å²) < 4.78 is 13.3. The Labute approximate surface area is 135 Å². The van der Waals surface area contributed by atoms with E-state index in [0.717, 1.165) is 5.39 Å². The number of aromatic amines is 1. The van der Waals surface area contributed by atoms with Gasteiger partial charge in [0.1, 0.15) is 28.4 Å². The zero-order chi connectivity index (χ0) is 16.4. The van der Waals surface area contributed by atoms with E-state index in [1.807, 2.05) is 0 Å². The number of fused-ring (bicyclic) bond motifs is 1. The van der Waals surface area contributed by atoms with Crippen LogP contribution >= 0.6 is 11.6 Å². The first kappa shape index (κ1) is 15.0. The standard InChI is InChI=1S/C16H10ClFN4O/c17-14-4-2-10-6-13(21-15(10)22-14)16(23)20-8-9-1-3-12(18)11(5-9)7-19/h1-6H,8H2,(H,20,23)(H,21,22). The fourth-order valence-electron chi connectivity index (χ4n) is 2.15. The first-order valence-corrected chi connectivity index (χ1v) is 7.06. The molecule has 7 heteroatoms. The molecule has 0 aliphatic rings. The van der Waals surface area contributed by atoms with Crippen LogP contribution in [-0.4, -0.2) is 15.9 Å². The zero-order valence-electron chi connectivity index (χ0n) is 11.7. The minimum atomic E-state index is -0.582. The van der Waals surface area contributed by atoms with Gasteiger partial charge in [0, 0.05) is 11.9 Å². The lowest BCUT2D eigenvalue weighted by Gasteiger charge is -2.04. The minimum absolute atomic E-state index is 0.0544. The van der Waals surface area contributed by atoms with Crippen molar-refractivity contribution < 1.29 is 9.18 Å². The Morgan fingerprint density at radius 3 is 2.96 bits per heavy atom. The first-order valence-electron chi connectivity index (χ1n) is 6.69. The van der Waals surface area contributed by atoms with Gasteiger partial charge in [-0.25, -0.2) is 9.37 Å². The Hall–Kier alpha value is -2.91. The zero-order valence-corrected chi connectivity index (χ0v) is 12.5. The lowest BCUT2D eigenvalue weighted by atomic mass is 10.1. The Balaban J connectivity index is 1.74. The average molecular weight is 329 g/mol. The van der Waals surface area contributed by atoms with Gasteiger partial charge in [0.05, 0.1) is 5.56 Å². The van der Waals surface area contributed by atoms with E-state index in [1.54, 1.807) is 24.3 Å². The summed E-state index contributed by atoms with van der Waals surface area (Å²) in [5, 5.41) is 12.6. The van der Waals surface area contributed by atoms with E-state index < -0.39 is 5.82 Å². The summed E-state index contributed by atoms with van der Waals surface area (Å²) in [6, 6.07) is 11.0. The van der Waals surface area contributed by atoms with Gasteiger partial charge in [-0.05, 0) is 35.9 Å². The van der Waals surface area contributed by atoms with E-state index in [4.69, 9.17) is 16.9 Å². The molecule has 23 heavy (non-hydrogen) atoms. The van der Waals surface area contributed by atoms with Gasteiger partial charge < -0.3 is 10.3 Å². The van der Waals surface area contributed by atoms with Crippen molar-refractivity contribution in [1.82, 2.24) is 15.3 Å². The molecular weight excluding hydrogens is 319 g/mol. The second-order valence-electron chi connectivity index (χ2n) is 4.86. The molecule has 0 radical (unpaired) electrons. The third kappa shape index (κ3) is 3.15. The molecule has 114 valence electrons. The molecule has 2 aromatic heterocycles. The Bertz CT molecular complexity index is 945. The van der Waals surface area contributed by atoms with Crippen molar-refractivity contribution in [1.29, 1.82) is 5.26 Å². The predicted molar refractivity (Wildman–Crippen MR) is 83.4 cm³/mol. The molecule has 1 aromatic carbocycles. The maximum Gasteiger partial charge on any atom is 0.268 e. The van der Waals surface area contributed by atoms with Crippen LogP contribution in [0.25, 0.3) is 11.0 Å². The fraction of sp³-hybridized carbons (Fsp3) is 0.0625. The quantitative estimate of drug-likeness (QED) is 0.725. The Morgan fingerprint density at radius 1 is 1.35 bits per heavy atom. The van der Waals surface area contributed by atoms with Gasteiger partial charge in [-0.3, -0.25) is 4.79 Å². The maximum atomic E-state index is 13.3.